The molecule has 0 aliphatic carbocycles. The molecule has 0 saturated heterocycles. The van der Waals surface area contributed by atoms with Crippen LogP contribution in [0.15, 0.2) is 24.3 Å². The molecule has 0 heterocycles. The topological polar surface area (TPSA) is 94.5 Å². The molecule has 1 aromatic carbocycles. The Morgan fingerprint density at radius 1 is 1.24 bits per heavy atom. The number of hydrogen-bond donors (Lipinski definition) is 1. The number of ketones is 2. The predicted octanol–water partition coefficient (Wildman–Crippen LogP) is -3.47. The van der Waals surface area contributed by atoms with Crippen LogP contribution in [0.25, 0.3) is 0 Å². The maximum atomic E-state index is 11.6. The summed E-state index contributed by atoms with van der Waals surface area (Å²) in [5.74, 6) is -5.78. The van der Waals surface area contributed by atoms with Gasteiger partial charge in [-0.1, -0.05) is 12.1 Å². The molecule has 0 saturated carbocycles. The standard InChI is InChI=1S/C11H10O5.Na/c1-6(12)9(11(15)16)10(14)7-4-2-3-5-8(7)13;/h2-5,9,13H,1H3,(H,15,16);/q;+1/p-1. The van der Waals surface area contributed by atoms with Crippen LogP contribution >= 0.6 is 0 Å². The Morgan fingerprint density at radius 3 is 2.18 bits per heavy atom. The Labute approximate surface area is 120 Å². The number of phenolic OH excluding ortho intramolecular Hbond substituents is 1. The molecule has 0 bridgehead atoms. The van der Waals surface area contributed by atoms with Crippen LogP contribution in [0.1, 0.15) is 17.3 Å². The van der Waals surface area contributed by atoms with Crippen LogP contribution in [0, 0.1) is 5.92 Å². The second kappa shape index (κ2) is 6.54. The number of aromatic hydroxyl groups is 1. The number of Topliss-reactive ketones (excluding diaryl/α,β-unsaturated/α-hetero) is 2. The second-order valence-electron chi connectivity index (χ2n) is 3.24. The first-order chi connectivity index (χ1) is 7.45. The van der Waals surface area contributed by atoms with Gasteiger partial charge in [0.2, 0.25) is 0 Å². The first kappa shape index (κ1) is 15.8. The molecular formula is C11H9NaO5. The maximum Gasteiger partial charge on any atom is 1.00 e. The first-order valence-electron chi connectivity index (χ1n) is 4.48. The number of para-hydroxylation sites is 1. The molecule has 0 fully saturated rings. The molecule has 5 nitrogen and oxygen atoms in total. The molecule has 84 valence electrons. The van der Waals surface area contributed by atoms with Gasteiger partial charge in [0.15, 0.2) is 5.78 Å². The van der Waals surface area contributed by atoms with E-state index in [2.05, 4.69) is 0 Å². The molecule has 0 aliphatic rings. The van der Waals surface area contributed by atoms with E-state index in [1.54, 1.807) is 0 Å². The van der Waals surface area contributed by atoms with Gasteiger partial charge in [0, 0.05) is 0 Å². The third-order valence-electron chi connectivity index (χ3n) is 2.07. The van der Waals surface area contributed by atoms with Gasteiger partial charge in [-0.25, -0.2) is 0 Å². The second-order valence-corrected chi connectivity index (χ2v) is 3.24. The van der Waals surface area contributed by atoms with Gasteiger partial charge >= 0.3 is 29.6 Å². The Bertz CT molecular complexity index is 441. The Balaban J connectivity index is 0.00000256. The molecule has 6 heteroatoms. The van der Waals surface area contributed by atoms with E-state index in [1.165, 1.54) is 24.3 Å². The van der Waals surface area contributed by atoms with Crippen molar-refractivity contribution >= 4 is 17.5 Å². The quantitative estimate of drug-likeness (QED) is 0.337. The predicted molar refractivity (Wildman–Crippen MR) is 51.6 cm³/mol. The van der Waals surface area contributed by atoms with Crippen molar-refractivity contribution in [3.63, 3.8) is 0 Å². The molecule has 0 aliphatic heterocycles. The summed E-state index contributed by atoms with van der Waals surface area (Å²) in [5.41, 5.74) is -0.202. The third kappa shape index (κ3) is 3.66. The fourth-order valence-electron chi connectivity index (χ4n) is 1.30. The van der Waals surface area contributed by atoms with Gasteiger partial charge in [-0.3, -0.25) is 9.59 Å². The van der Waals surface area contributed by atoms with Gasteiger partial charge < -0.3 is 15.0 Å². The van der Waals surface area contributed by atoms with E-state index < -0.39 is 23.5 Å². The monoisotopic (exact) mass is 244 g/mol. The van der Waals surface area contributed by atoms with E-state index in [0.717, 1.165) is 6.92 Å². The van der Waals surface area contributed by atoms with Crippen LogP contribution in [0.4, 0.5) is 0 Å². The summed E-state index contributed by atoms with van der Waals surface area (Å²) in [6, 6.07) is 5.42. The van der Waals surface area contributed by atoms with Gasteiger partial charge in [-0.05, 0) is 19.1 Å². The Kier molecular flexibility index (Phi) is 6.09. The van der Waals surface area contributed by atoms with E-state index in [9.17, 15) is 24.6 Å². The molecule has 0 amide bonds. The zero-order valence-corrected chi connectivity index (χ0v) is 11.5. The number of carbonyl (C=O) groups excluding carboxylic acids is 3. The number of carboxylic acid groups (broad SMARTS) is 1. The zero-order chi connectivity index (χ0) is 12.3. The van der Waals surface area contributed by atoms with Crippen molar-refractivity contribution in [2.45, 2.75) is 6.92 Å². The molecule has 1 N–H and O–H groups in total. The molecule has 1 rings (SSSR count). The molecule has 17 heavy (non-hydrogen) atoms. The van der Waals surface area contributed by atoms with Crippen LogP contribution in [-0.2, 0) is 9.59 Å². The van der Waals surface area contributed by atoms with Gasteiger partial charge in [-0.15, -0.1) is 0 Å². The summed E-state index contributed by atoms with van der Waals surface area (Å²) in [5, 5.41) is 20.0. The number of phenols is 1. The van der Waals surface area contributed by atoms with E-state index >= 15 is 0 Å². The van der Waals surface area contributed by atoms with Crippen molar-refractivity contribution in [3.05, 3.63) is 29.8 Å². The number of aliphatic carboxylic acids is 1. The molecule has 0 radical (unpaired) electrons. The largest absolute Gasteiger partial charge is 1.00 e. The summed E-state index contributed by atoms with van der Waals surface area (Å²) in [7, 11) is 0. The van der Waals surface area contributed by atoms with Crippen molar-refractivity contribution in [1.82, 2.24) is 0 Å². The maximum absolute atomic E-state index is 11.6. The fourth-order valence-corrected chi connectivity index (χ4v) is 1.30. The van der Waals surface area contributed by atoms with E-state index in [4.69, 9.17) is 0 Å². The van der Waals surface area contributed by atoms with Crippen molar-refractivity contribution < 1.29 is 54.2 Å². The van der Waals surface area contributed by atoms with E-state index in [1.807, 2.05) is 0 Å². The SMILES string of the molecule is CC(=O)C(C(=O)[O-])C(=O)c1ccccc1O.[Na+]. The number of hydrogen-bond acceptors (Lipinski definition) is 5. The minimum absolute atomic E-state index is 0. The van der Waals surface area contributed by atoms with Gasteiger partial charge in [0.05, 0.1) is 11.5 Å². The van der Waals surface area contributed by atoms with Crippen LogP contribution in [0.2, 0.25) is 0 Å². The average Bonchev–Trinajstić information content (AvgIpc) is 2.16. The van der Waals surface area contributed by atoms with Crippen molar-refractivity contribution in [3.8, 4) is 5.75 Å². The van der Waals surface area contributed by atoms with Crippen molar-refractivity contribution in [1.29, 1.82) is 0 Å². The molecule has 1 aromatic rings. The van der Waals surface area contributed by atoms with Crippen LogP contribution in [0.5, 0.6) is 5.75 Å². The van der Waals surface area contributed by atoms with Crippen molar-refractivity contribution in [2.24, 2.45) is 5.92 Å². The molecular weight excluding hydrogens is 235 g/mol. The third-order valence-corrected chi connectivity index (χ3v) is 2.07. The summed E-state index contributed by atoms with van der Waals surface area (Å²) in [4.78, 5) is 33.3. The van der Waals surface area contributed by atoms with Gasteiger partial charge in [0.1, 0.15) is 17.5 Å². The molecule has 0 spiro atoms. The normalized spacial score (nSPS) is 11.1. The van der Waals surface area contributed by atoms with Crippen molar-refractivity contribution in [2.75, 3.05) is 0 Å². The fraction of sp³-hybridized carbons (Fsp3) is 0.182. The number of benzene rings is 1. The number of rotatable bonds is 4. The van der Waals surface area contributed by atoms with Gasteiger partial charge in [-0.2, -0.15) is 0 Å². The Morgan fingerprint density at radius 2 is 1.76 bits per heavy atom. The molecule has 1 atom stereocenters. The van der Waals surface area contributed by atoms with Crippen LogP contribution < -0.4 is 34.7 Å². The smallest absolute Gasteiger partial charge is 0.549 e. The first-order valence-corrected chi connectivity index (χ1v) is 4.48. The van der Waals surface area contributed by atoms with Gasteiger partial charge in [0.25, 0.3) is 0 Å². The van der Waals surface area contributed by atoms with Crippen LogP contribution in [-0.4, -0.2) is 22.6 Å². The molecule has 0 aromatic heterocycles. The number of carbonyl (C=O) groups is 3. The minimum atomic E-state index is -1.87. The van der Waals surface area contributed by atoms with E-state index in [-0.39, 0.29) is 40.9 Å². The zero-order valence-electron chi connectivity index (χ0n) is 9.47. The summed E-state index contributed by atoms with van der Waals surface area (Å²) in [6.45, 7) is 0.984. The summed E-state index contributed by atoms with van der Waals surface area (Å²) >= 11 is 0. The minimum Gasteiger partial charge on any atom is -0.549 e. The Hall–Kier alpha value is -1.17. The summed E-state index contributed by atoms with van der Waals surface area (Å²) in [6.07, 6.45) is 0. The molecule has 1 unspecified atom stereocenters. The average molecular weight is 244 g/mol. The number of carboxylic acids is 1. The van der Waals surface area contributed by atoms with Crippen LogP contribution in [0.3, 0.4) is 0 Å². The summed E-state index contributed by atoms with van der Waals surface area (Å²) < 4.78 is 0. The van der Waals surface area contributed by atoms with E-state index in [0.29, 0.717) is 0 Å².